The van der Waals surface area contributed by atoms with E-state index in [-0.39, 0.29) is 0 Å². The van der Waals surface area contributed by atoms with Crippen molar-refractivity contribution in [1.29, 1.82) is 0 Å². The van der Waals surface area contributed by atoms with Gasteiger partial charge in [-0.1, -0.05) is 0 Å². The Morgan fingerprint density at radius 1 is 1.80 bits per heavy atom. The minimum atomic E-state index is 0.382. The summed E-state index contributed by atoms with van der Waals surface area (Å²) in [5, 5.41) is 0. The van der Waals surface area contributed by atoms with Crippen LogP contribution in [0.2, 0.25) is 0 Å². The Morgan fingerprint density at radius 3 is 2.40 bits per heavy atom. The second-order valence-electron chi connectivity index (χ2n) is 0.421. The Labute approximate surface area is 29.7 Å². The molecule has 0 N–H and O–H groups in total. The Kier molecular flexibility index (Phi) is 2.86. The first-order chi connectivity index (χ1) is 2.41. The molecule has 0 rings (SSSR count). The third kappa shape index (κ3) is 3.31. The zero-order valence-electron chi connectivity index (χ0n) is 2.47. The molecule has 0 radical (unpaired) electrons. The van der Waals surface area contributed by atoms with Gasteiger partial charge in [0.2, 0.25) is 0 Å². The van der Waals surface area contributed by atoms with Crippen molar-refractivity contribution in [3.8, 4) is 0 Å². The van der Waals surface area contributed by atoms with Crippen molar-refractivity contribution in [3.05, 3.63) is 5.98 Å². The van der Waals surface area contributed by atoms with Gasteiger partial charge in [-0.25, -0.2) is 0 Å². The second-order valence-corrected chi connectivity index (χ2v) is 0.421. The van der Waals surface area contributed by atoms with Crippen molar-refractivity contribution in [2.45, 2.75) is 0 Å². The average Bonchev–Trinajstić information content (AvgIpc) is 1.41. The molecular weight excluding hydrogens is 66.8 g/mol. The second kappa shape index (κ2) is 3.31. The maximum absolute atomic E-state index is 9.09. The third-order valence-electron chi connectivity index (χ3n) is 0.136. The van der Waals surface area contributed by atoms with Crippen LogP contribution in [0.25, 0.3) is 0 Å². The van der Waals surface area contributed by atoms with Gasteiger partial charge in [0.15, 0.2) is 0 Å². The van der Waals surface area contributed by atoms with E-state index in [0.29, 0.717) is 7.15 Å². The molecule has 0 aliphatic carbocycles. The fourth-order valence-corrected chi connectivity index (χ4v) is 0.0278. The molecule has 0 aromatic heterocycles. The van der Waals surface area contributed by atoms with E-state index in [1.807, 2.05) is 0 Å². The van der Waals surface area contributed by atoms with Gasteiger partial charge in [-0.3, -0.25) is 0 Å². The van der Waals surface area contributed by atoms with Crippen molar-refractivity contribution in [2.24, 2.45) is 0 Å². The van der Waals surface area contributed by atoms with Gasteiger partial charge in [-0.15, -0.1) is 0 Å². The van der Waals surface area contributed by atoms with Crippen LogP contribution in [0.4, 0.5) is 0 Å². The number of rotatable bonds is 1. The molecule has 3 heteroatoms. The van der Waals surface area contributed by atoms with Crippen LogP contribution in [0.15, 0.2) is 5.98 Å². The molecule has 0 bridgehead atoms. The van der Waals surface area contributed by atoms with Crippen LogP contribution in [-0.4, -0.2) is 13.1 Å². The summed E-state index contributed by atoms with van der Waals surface area (Å²) >= 11 is 0. The zero-order chi connectivity index (χ0) is 4.12. The van der Waals surface area contributed by atoms with Crippen molar-refractivity contribution in [2.75, 3.05) is 0 Å². The average molecular weight is 67.8 g/mol. The van der Waals surface area contributed by atoms with Crippen LogP contribution in [0, 0.1) is 0 Å². The molecule has 0 aromatic rings. The molecule has 0 amide bonds. The molecule has 2 nitrogen and oxygen atoms in total. The quantitative estimate of drug-likeness (QED) is 0.303. The van der Waals surface area contributed by atoms with Crippen molar-refractivity contribution in [1.82, 2.24) is 0 Å². The van der Waals surface area contributed by atoms with Crippen molar-refractivity contribution in [3.63, 3.8) is 0 Å². The summed E-state index contributed by atoms with van der Waals surface area (Å²) in [6, 6.07) is 0. The van der Waals surface area contributed by atoms with Gasteiger partial charge in [-0.05, 0) is 0 Å². The molecule has 0 saturated heterocycles. The summed E-state index contributed by atoms with van der Waals surface area (Å²) in [5.41, 5.74) is 0. The monoisotopic (exact) mass is 68.0 g/mol. The number of hydrogen-bond donors (Lipinski definition) is 0. The fraction of sp³-hybridized carbons (Fsp3) is 0. The Bertz CT molecular complexity index is 71.7. The van der Waals surface area contributed by atoms with Gasteiger partial charge in [-0.2, -0.15) is 0 Å². The van der Waals surface area contributed by atoms with Gasteiger partial charge in [0.05, 0.1) is 0 Å². The van der Waals surface area contributed by atoms with Crippen LogP contribution in [0.1, 0.15) is 0 Å². The fourth-order valence-electron chi connectivity index (χ4n) is 0.0278. The summed E-state index contributed by atoms with van der Waals surface area (Å²) in [7, 11) is 0.382. The summed E-state index contributed by atoms with van der Waals surface area (Å²) < 4.78 is 9.09. The van der Waals surface area contributed by atoms with E-state index in [1.54, 1.807) is 0 Å². The van der Waals surface area contributed by atoms with Gasteiger partial charge in [0.1, 0.15) is 0 Å². The van der Waals surface area contributed by atoms with E-state index in [0.717, 1.165) is 5.98 Å². The van der Waals surface area contributed by atoms with Gasteiger partial charge in [0.25, 0.3) is 0 Å². The Balaban J connectivity index is 3.31. The molecule has 0 heterocycles. The van der Waals surface area contributed by atoms with Crippen LogP contribution in [0.3, 0.4) is 0 Å². The number of hydrogen-bond acceptors (Lipinski definition) is 2. The normalized spacial score (nSPS) is 4.00. The van der Waals surface area contributed by atoms with Crippen LogP contribution in [0.5, 0.6) is 0 Å². The first-order valence-electron chi connectivity index (χ1n) is 1.06. The molecule has 0 aliphatic heterocycles. The van der Waals surface area contributed by atoms with Crippen LogP contribution >= 0.6 is 0 Å². The summed E-state index contributed by atoms with van der Waals surface area (Å²) in [6.07, 6.45) is 0. The van der Waals surface area contributed by atoms with E-state index in [1.165, 1.54) is 5.94 Å². The van der Waals surface area contributed by atoms with Crippen molar-refractivity contribution >= 4 is 13.1 Å². The summed E-state index contributed by atoms with van der Waals surface area (Å²) in [4.78, 5) is 8.99. The predicted octanol–water partition coefficient (Wildman–Crippen LogP) is -0.619. The Morgan fingerprint density at radius 2 is 2.40 bits per heavy atom. The summed E-state index contributed by atoms with van der Waals surface area (Å²) in [6.45, 7) is 0. The molecule has 0 aliphatic rings. The third-order valence-corrected chi connectivity index (χ3v) is 0.136. The van der Waals surface area contributed by atoms with E-state index in [4.69, 9.17) is 9.50 Å². The van der Waals surface area contributed by atoms with Crippen LogP contribution < -0.4 is 0 Å². The topological polar surface area (TPSA) is 34.1 Å². The predicted molar refractivity (Wildman–Crippen MR) is 16.7 cm³/mol. The first-order valence-corrected chi connectivity index (χ1v) is 1.06. The molecular formula is C2HBO2. The van der Waals surface area contributed by atoms with Gasteiger partial charge in [0, 0.05) is 0 Å². The maximum atomic E-state index is 9.09. The SMILES string of the molecule is O=BC=C=O. The van der Waals surface area contributed by atoms with E-state index >= 15 is 0 Å². The molecule has 0 saturated carbocycles. The summed E-state index contributed by atoms with van der Waals surface area (Å²) in [5.74, 6) is 2.04. The van der Waals surface area contributed by atoms with Crippen molar-refractivity contribution < 1.29 is 9.50 Å². The van der Waals surface area contributed by atoms with Gasteiger partial charge >= 0.3 is 28.6 Å². The standard InChI is InChI=1S/C2HBO2/c4-2-1-3-5/h1H. The van der Waals surface area contributed by atoms with E-state index < -0.39 is 0 Å². The van der Waals surface area contributed by atoms with Gasteiger partial charge < -0.3 is 0 Å². The number of carbonyl (C=O) groups excluding carboxylic acids is 1. The molecule has 0 aromatic carbocycles. The zero-order valence-corrected chi connectivity index (χ0v) is 2.47. The molecule has 0 atom stereocenters. The molecule has 0 unspecified atom stereocenters. The first kappa shape index (κ1) is 4.31. The Hall–Kier alpha value is -0.685. The van der Waals surface area contributed by atoms with E-state index in [2.05, 4.69) is 0 Å². The van der Waals surface area contributed by atoms with E-state index in [9.17, 15) is 0 Å². The molecule has 5 heavy (non-hydrogen) atoms. The molecule has 0 spiro atoms. The molecule has 24 valence electrons. The molecule has 0 fully saturated rings. The van der Waals surface area contributed by atoms with Crippen LogP contribution in [-0.2, 0) is 9.50 Å². The minimum absolute atomic E-state index is 0.382.